The second-order valence-corrected chi connectivity index (χ2v) is 8.60. The minimum atomic E-state index is -1.17. The van der Waals surface area contributed by atoms with Crippen LogP contribution in [0, 0.1) is 6.92 Å². The minimum Gasteiger partial charge on any atom is -0.391 e. The summed E-state index contributed by atoms with van der Waals surface area (Å²) in [6.45, 7) is 3.40. The topological polar surface area (TPSA) is 123 Å². The number of aryl methyl sites for hydroxylation is 1. The number of H-pyrrole nitrogens is 1. The fourth-order valence-corrected chi connectivity index (χ4v) is 4.09. The van der Waals surface area contributed by atoms with Gasteiger partial charge in [-0.15, -0.1) is 0 Å². The van der Waals surface area contributed by atoms with E-state index in [1.165, 1.54) is 6.92 Å². The highest BCUT2D eigenvalue weighted by molar-refractivity contribution is 5.98. The van der Waals surface area contributed by atoms with Crippen LogP contribution in [0.2, 0.25) is 0 Å². The van der Waals surface area contributed by atoms with Crippen molar-refractivity contribution in [2.75, 3.05) is 0 Å². The van der Waals surface area contributed by atoms with Crippen molar-refractivity contribution in [2.45, 2.75) is 50.9 Å². The normalized spacial score (nSPS) is 22.5. The molecule has 0 spiro atoms. The second kappa shape index (κ2) is 9.46. The molecule has 0 bridgehead atoms. The molecule has 4 atom stereocenters. The molecule has 8 nitrogen and oxygen atoms in total. The van der Waals surface area contributed by atoms with E-state index in [9.17, 15) is 19.5 Å². The monoisotopic (exact) mass is 448 g/mol. The third kappa shape index (κ3) is 5.06. The summed E-state index contributed by atoms with van der Waals surface area (Å²) in [5.74, 6) is -1.57. The molecular weight excluding hydrogens is 420 g/mol. The lowest BCUT2D eigenvalue weighted by Crippen LogP contribution is -2.55. The van der Waals surface area contributed by atoms with Crippen molar-refractivity contribution in [1.29, 1.82) is 0 Å². The van der Waals surface area contributed by atoms with Gasteiger partial charge < -0.3 is 26.0 Å². The molecular formula is C25H28N4O4. The van der Waals surface area contributed by atoms with Crippen molar-refractivity contribution in [3.05, 3.63) is 71.4 Å². The van der Waals surface area contributed by atoms with E-state index in [-0.39, 0.29) is 12.8 Å². The van der Waals surface area contributed by atoms with Crippen molar-refractivity contribution in [1.82, 2.24) is 20.9 Å². The maximum absolute atomic E-state index is 13.2. The lowest BCUT2D eigenvalue weighted by atomic mass is 10.0. The molecule has 0 saturated carbocycles. The smallest absolute Gasteiger partial charge is 0.245 e. The van der Waals surface area contributed by atoms with Crippen LogP contribution in [0.4, 0.5) is 0 Å². The SMILES string of the molecule is Cc1ccc(CC2NC(=O)C(C(C)O)NC(=O)[C@H](Cc3c[nH]c4ccccc34)NC2=O)cc1. The van der Waals surface area contributed by atoms with E-state index in [1.54, 1.807) is 0 Å². The molecule has 0 radical (unpaired) electrons. The van der Waals surface area contributed by atoms with Gasteiger partial charge in [0.05, 0.1) is 6.10 Å². The second-order valence-electron chi connectivity index (χ2n) is 8.60. The zero-order valence-electron chi connectivity index (χ0n) is 18.6. The average molecular weight is 449 g/mol. The molecule has 5 N–H and O–H groups in total. The number of hydrogen-bond donors (Lipinski definition) is 5. The number of aromatic nitrogens is 1. The maximum Gasteiger partial charge on any atom is 0.245 e. The first-order valence-electron chi connectivity index (χ1n) is 11.0. The average Bonchev–Trinajstić information content (AvgIpc) is 3.20. The number of carbonyl (C=O) groups is 3. The number of aromatic amines is 1. The molecule has 4 rings (SSSR count). The predicted octanol–water partition coefficient (Wildman–Crippen LogP) is 1.11. The van der Waals surface area contributed by atoms with E-state index in [0.717, 1.165) is 27.6 Å². The summed E-state index contributed by atoms with van der Waals surface area (Å²) in [6.07, 6.45) is 1.18. The van der Waals surface area contributed by atoms with Gasteiger partial charge in [-0.3, -0.25) is 14.4 Å². The standard InChI is InChI=1S/C25H28N4O4/c1-14-7-9-16(10-8-14)11-20-23(31)27-21(24(32)29-22(15(2)30)25(33)28-20)12-17-13-26-19-6-4-3-5-18(17)19/h3-10,13,15,20-22,26,30H,11-12H2,1-2H3,(H,27,31)(H,28,33)(H,29,32)/t15?,20?,21-,22?/m0/s1. The van der Waals surface area contributed by atoms with Crippen molar-refractivity contribution >= 4 is 28.6 Å². The molecule has 1 aliphatic heterocycles. The summed E-state index contributed by atoms with van der Waals surface area (Å²) in [5.41, 5.74) is 3.76. The number of aliphatic hydroxyl groups excluding tert-OH is 1. The van der Waals surface area contributed by atoms with Crippen LogP contribution in [0.5, 0.6) is 0 Å². The van der Waals surface area contributed by atoms with Gasteiger partial charge in [0, 0.05) is 29.9 Å². The molecule has 3 amide bonds. The number of nitrogens with one attached hydrogen (secondary N) is 4. The first-order chi connectivity index (χ1) is 15.8. The highest BCUT2D eigenvalue weighted by Gasteiger charge is 2.36. The fraction of sp³-hybridized carbons (Fsp3) is 0.320. The lowest BCUT2D eigenvalue weighted by Gasteiger charge is -2.22. The fourth-order valence-electron chi connectivity index (χ4n) is 4.09. The third-order valence-electron chi connectivity index (χ3n) is 5.99. The third-order valence-corrected chi connectivity index (χ3v) is 5.99. The number of carbonyl (C=O) groups excluding carboxylic acids is 3. The number of aliphatic hydroxyl groups is 1. The first kappa shape index (κ1) is 22.5. The molecule has 3 unspecified atom stereocenters. The summed E-state index contributed by atoms with van der Waals surface area (Å²) < 4.78 is 0. The highest BCUT2D eigenvalue weighted by atomic mass is 16.3. The summed E-state index contributed by atoms with van der Waals surface area (Å²) in [5, 5.41) is 19.2. The van der Waals surface area contributed by atoms with Crippen LogP contribution < -0.4 is 16.0 Å². The zero-order valence-corrected chi connectivity index (χ0v) is 18.6. The Morgan fingerprint density at radius 1 is 0.848 bits per heavy atom. The Bertz CT molecular complexity index is 1170. The summed E-state index contributed by atoms with van der Waals surface area (Å²) in [7, 11) is 0. The number of amides is 3. The number of benzene rings is 2. The Labute approximate surface area is 191 Å². The van der Waals surface area contributed by atoms with E-state index >= 15 is 0 Å². The van der Waals surface area contributed by atoms with Gasteiger partial charge in [-0.05, 0) is 31.0 Å². The minimum absolute atomic E-state index is 0.236. The summed E-state index contributed by atoms with van der Waals surface area (Å²) in [4.78, 5) is 42.3. The van der Waals surface area contributed by atoms with Crippen LogP contribution in [-0.2, 0) is 27.2 Å². The molecule has 172 valence electrons. The van der Waals surface area contributed by atoms with Crippen LogP contribution in [0.3, 0.4) is 0 Å². The van der Waals surface area contributed by atoms with E-state index < -0.39 is 42.0 Å². The maximum atomic E-state index is 13.2. The number of para-hydroxylation sites is 1. The van der Waals surface area contributed by atoms with Crippen molar-refractivity contribution < 1.29 is 19.5 Å². The van der Waals surface area contributed by atoms with Gasteiger partial charge in [0.25, 0.3) is 0 Å². The molecule has 3 aromatic rings. The Hall–Kier alpha value is -3.65. The van der Waals surface area contributed by atoms with Crippen LogP contribution >= 0.6 is 0 Å². The molecule has 1 fully saturated rings. The Kier molecular flexibility index (Phi) is 6.46. The molecule has 1 saturated heterocycles. The van der Waals surface area contributed by atoms with Gasteiger partial charge in [-0.1, -0.05) is 48.0 Å². The molecule has 0 aliphatic carbocycles. The van der Waals surface area contributed by atoms with E-state index in [1.807, 2.05) is 61.7 Å². The van der Waals surface area contributed by atoms with Crippen molar-refractivity contribution in [2.24, 2.45) is 0 Å². The Morgan fingerprint density at radius 3 is 2.21 bits per heavy atom. The molecule has 1 aliphatic rings. The van der Waals surface area contributed by atoms with Gasteiger partial charge in [0.1, 0.15) is 18.1 Å². The van der Waals surface area contributed by atoms with E-state index in [0.29, 0.717) is 0 Å². The first-order valence-corrected chi connectivity index (χ1v) is 11.0. The summed E-state index contributed by atoms with van der Waals surface area (Å²) in [6, 6.07) is 12.4. The van der Waals surface area contributed by atoms with Crippen LogP contribution in [0.25, 0.3) is 10.9 Å². The van der Waals surface area contributed by atoms with Crippen LogP contribution in [0.1, 0.15) is 23.6 Å². The largest absolute Gasteiger partial charge is 0.391 e. The summed E-state index contributed by atoms with van der Waals surface area (Å²) >= 11 is 0. The van der Waals surface area contributed by atoms with Crippen molar-refractivity contribution in [3.8, 4) is 0 Å². The quantitative estimate of drug-likeness (QED) is 0.401. The molecule has 2 heterocycles. The molecule has 1 aromatic heterocycles. The number of hydrogen-bond acceptors (Lipinski definition) is 4. The van der Waals surface area contributed by atoms with Gasteiger partial charge in [0.15, 0.2) is 0 Å². The molecule has 2 aromatic carbocycles. The zero-order chi connectivity index (χ0) is 23.5. The van der Waals surface area contributed by atoms with Gasteiger partial charge in [0.2, 0.25) is 17.7 Å². The van der Waals surface area contributed by atoms with Crippen LogP contribution in [0.15, 0.2) is 54.7 Å². The Morgan fingerprint density at radius 2 is 1.48 bits per heavy atom. The van der Waals surface area contributed by atoms with Gasteiger partial charge in [-0.25, -0.2) is 0 Å². The highest BCUT2D eigenvalue weighted by Crippen LogP contribution is 2.20. The van der Waals surface area contributed by atoms with Crippen molar-refractivity contribution in [3.63, 3.8) is 0 Å². The van der Waals surface area contributed by atoms with E-state index in [4.69, 9.17) is 0 Å². The molecule has 33 heavy (non-hydrogen) atoms. The van der Waals surface area contributed by atoms with Crippen LogP contribution in [-0.4, -0.2) is 52.0 Å². The molecule has 8 heteroatoms. The lowest BCUT2D eigenvalue weighted by molar-refractivity contribution is -0.132. The predicted molar refractivity (Wildman–Crippen MR) is 124 cm³/mol. The van der Waals surface area contributed by atoms with Gasteiger partial charge >= 0.3 is 0 Å². The number of rotatable bonds is 5. The van der Waals surface area contributed by atoms with E-state index in [2.05, 4.69) is 20.9 Å². The Balaban J connectivity index is 1.63. The van der Waals surface area contributed by atoms with Gasteiger partial charge in [-0.2, -0.15) is 0 Å². The number of fused-ring (bicyclic) bond motifs is 1.